The van der Waals surface area contributed by atoms with Crippen molar-refractivity contribution < 1.29 is 19.4 Å². The molecular formula is C10H18O4S. The third-order valence-corrected chi connectivity index (χ3v) is 3.02. The summed E-state index contributed by atoms with van der Waals surface area (Å²) in [5, 5.41) is 9.14. The minimum absolute atomic E-state index is 0.215. The molecule has 0 radical (unpaired) electrons. The fourth-order valence-corrected chi connectivity index (χ4v) is 1.87. The number of carboxylic acids is 1. The monoisotopic (exact) mass is 234 g/mol. The Morgan fingerprint density at radius 3 is 2.33 bits per heavy atom. The molecule has 0 aliphatic rings. The fourth-order valence-electron chi connectivity index (χ4n) is 1.31. The Bertz CT molecular complexity index is 229. The second-order valence-electron chi connectivity index (χ2n) is 3.20. The van der Waals surface area contributed by atoms with Crippen molar-refractivity contribution in [1.82, 2.24) is 0 Å². The minimum atomic E-state index is -1.36. The Kier molecular flexibility index (Phi) is 6.40. The highest BCUT2D eigenvalue weighted by atomic mass is 32.2. The summed E-state index contributed by atoms with van der Waals surface area (Å²) in [6, 6.07) is 0. The van der Waals surface area contributed by atoms with Gasteiger partial charge in [0.25, 0.3) is 0 Å². The molecule has 0 heterocycles. The summed E-state index contributed by atoms with van der Waals surface area (Å²) in [6.45, 7) is 3.59. The molecule has 0 saturated heterocycles. The molecule has 0 aliphatic carbocycles. The van der Waals surface area contributed by atoms with E-state index in [0.717, 1.165) is 0 Å². The maximum atomic E-state index is 11.6. The Morgan fingerprint density at radius 1 is 1.40 bits per heavy atom. The summed E-state index contributed by atoms with van der Waals surface area (Å²) >= 11 is 1.53. The molecule has 1 atom stereocenters. The van der Waals surface area contributed by atoms with Crippen LogP contribution in [0.3, 0.4) is 0 Å². The summed E-state index contributed by atoms with van der Waals surface area (Å²) in [7, 11) is 0. The lowest BCUT2D eigenvalue weighted by molar-refractivity contribution is -0.169. The fraction of sp³-hybridized carbons (Fsp3) is 0.800. The lowest BCUT2D eigenvalue weighted by Gasteiger charge is -2.25. The van der Waals surface area contributed by atoms with Gasteiger partial charge < -0.3 is 9.84 Å². The van der Waals surface area contributed by atoms with Crippen LogP contribution in [0.5, 0.6) is 0 Å². The molecule has 4 nitrogen and oxygen atoms in total. The number of hydrogen-bond acceptors (Lipinski definition) is 4. The number of carbonyl (C=O) groups excluding carboxylic acids is 1. The van der Waals surface area contributed by atoms with Crippen LogP contribution in [0, 0.1) is 5.41 Å². The molecule has 1 unspecified atom stereocenters. The van der Waals surface area contributed by atoms with Crippen molar-refractivity contribution in [2.75, 3.05) is 18.6 Å². The first-order valence-electron chi connectivity index (χ1n) is 4.94. The Morgan fingerprint density at radius 2 is 2.00 bits per heavy atom. The van der Waals surface area contributed by atoms with Crippen molar-refractivity contribution in [2.24, 2.45) is 5.41 Å². The van der Waals surface area contributed by atoms with E-state index in [1.165, 1.54) is 11.8 Å². The molecule has 0 amide bonds. The van der Waals surface area contributed by atoms with Gasteiger partial charge in [0.1, 0.15) is 0 Å². The number of aliphatic carboxylic acids is 1. The molecule has 5 heteroatoms. The number of carbonyl (C=O) groups is 2. The zero-order valence-electron chi connectivity index (χ0n) is 9.41. The van der Waals surface area contributed by atoms with Gasteiger partial charge in [-0.15, -0.1) is 0 Å². The second kappa shape index (κ2) is 6.71. The van der Waals surface area contributed by atoms with Crippen LogP contribution in [0.4, 0.5) is 0 Å². The van der Waals surface area contributed by atoms with Crippen LogP contribution in [0.25, 0.3) is 0 Å². The van der Waals surface area contributed by atoms with Gasteiger partial charge in [0.05, 0.1) is 6.61 Å². The van der Waals surface area contributed by atoms with E-state index in [2.05, 4.69) is 0 Å². The van der Waals surface area contributed by atoms with E-state index in [1.54, 1.807) is 13.8 Å². The number of thioether (sulfide) groups is 1. The largest absolute Gasteiger partial charge is 0.480 e. The number of carboxylic acid groups (broad SMARTS) is 1. The summed E-state index contributed by atoms with van der Waals surface area (Å²) in [5.74, 6) is -1.06. The van der Waals surface area contributed by atoms with Crippen LogP contribution in [-0.2, 0) is 14.3 Å². The molecule has 88 valence electrons. The zero-order chi connectivity index (χ0) is 11.9. The van der Waals surface area contributed by atoms with Gasteiger partial charge in [-0.1, -0.05) is 6.92 Å². The van der Waals surface area contributed by atoms with Crippen LogP contribution in [0.15, 0.2) is 0 Å². The molecule has 0 spiro atoms. The van der Waals surface area contributed by atoms with Gasteiger partial charge in [0, 0.05) is 0 Å². The molecule has 0 saturated carbocycles. The number of rotatable bonds is 7. The number of ether oxygens (including phenoxy) is 1. The molecule has 0 bridgehead atoms. The average molecular weight is 234 g/mol. The molecule has 0 aliphatic heterocycles. The normalized spacial score (nSPS) is 14.3. The van der Waals surface area contributed by atoms with E-state index in [1.807, 2.05) is 6.26 Å². The number of hydrogen-bond donors (Lipinski definition) is 1. The van der Waals surface area contributed by atoms with E-state index >= 15 is 0 Å². The van der Waals surface area contributed by atoms with E-state index in [9.17, 15) is 9.59 Å². The molecule has 0 rings (SSSR count). The van der Waals surface area contributed by atoms with Crippen LogP contribution in [-0.4, -0.2) is 35.7 Å². The molecule has 15 heavy (non-hydrogen) atoms. The van der Waals surface area contributed by atoms with E-state index in [-0.39, 0.29) is 13.0 Å². The molecule has 0 aromatic rings. The second-order valence-corrected chi connectivity index (χ2v) is 4.19. The Hall–Kier alpha value is -0.710. The number of esters is 1. The maximum absolute atomic E-state index is 11.6. The van der Waals surface area contributed by atoms with Crippen LogP contribution < -0.4 is 0 Å². The van der Waals surface area contributed by atoms with E-state index in [4.69, 9.17) is 9.84 Å². The van der Waals surface area contributed by atoms with Gasteiger partial charge in [-0.05, 0) is 31.8 Å². The van der Waals surface area contributed by atoms with Crippen molar-refractivity contribution in [3.05, 3.63) is 0 Å². The first-order chi connectivity index (χ1) is 7.05. The van der Waals surface area contributed by atoms with Gasteiger partial charge in [0.15, 0.2) is 5.41 Å². The third-order valence-electron chi connectivity index (χ3n) is 2.41. The van der Waals surface area contributed by atoms with Gasteiger partial charge >= 0.3 is 11.9 Å². The predicted octanol–water partition coefficient (Wildman–Crippen LogP) is 1.78. The highest BCUT2D eigenvalue weighted by Gasteiger charge is 2.45. The molecule has 0 aromatic carbocycles. The Labute approximate surface area is 94.4 Å². The summed E-state index contributed by atoms with van der Waals surface area (Å²) < 4.78 is 4.83. The summed E-state index contributed by atoms with van der Waals surface area (Å²) in [5.41, 5.74) is -1.36. The molecule has 1 N–H and O–H groups in total. The van der Waals surface area contributed by atoms with Gasteiger partial charge in [-0.2, -0.15) is 11.8 Å². The van der Waals surface area contributed by atoms with Gasteiger partial charge in [0.2, 0.25) is 0 Å². The lowest BCUT2D eigenvalue weighted by Crippen LogP contribution is -2.40. The van der Waals surface area contributed by atoms with Crippen molar-refractivity contribution in [2.45, 2.75) is 26.7 Å². The van der Waals surface area contributed by atoms with Gasteiger partial charge in [-0.25, -0.2) is 0 Å². The lowest BCUT2D eigenvalue weighted by atomic mass is 9.82. The standard InChI is InChI=1S/C10H18O4S/c1-4-10(8(11)12,6-7-15-3)9(13)14-5-2/h4-7H2,1-3H3,(H,11,12). The SMILES string of the molecule is CCOC(=O)C(CC)(CCSC)C(=O)O. The average Bonchev–Trinajstić information content (AvgIpc) is 2.19. The summed E-state index contributed by atoms with van der Waals surface area (Å²) in [6.07, 6.45) is 2.47. The molecule has 0 aromatic heterocycles. The topological polar surface area (TPSA) is 63.6 Å². The van der Waals surface area contributed by atoms with Crippen molar-refractivity contribution in [3.8, 4) is 0 Å². The van der Waals surface area contributed by atoms with E-state index < -0.39 is 17.4 Å². The van der Waals surface area contributed by atoms with Gasteiger partial charge in [-0.3, -0.25) is 9.59 Å². The van der Waals surface area contributed by atoms with Crippen LogP contribution in [0.1, 0.15) is 26.7 Å². The smallest absolute Gasteiger partial charge is 0.323 e. The predicted molar refractivity (Wildman–Crippen MR) is 60.0 cm³/mol. The first-order valence-corrected chi connectivity index (χ1v) is 6.34. The first kappa shape index (κ1) is 14.3. The van der Waals surface area contributed by atoms with Crippen LogP contribution in [0.2, 0.25) is 0 Å². The summed E-state index contributed by atoms with van der Waals surface area (Å²) in [4.78, 5) is 22.8. The van der Waals surface area contributed by atoms with Crippen molar-refractivity contribution in [1.29, 1.82) is 0 Å². The molecule has 0 fully saturated rings. The molecular weight excluding hydrogens is 216 g/mol. The highest BCUT2D eigenvalue weighted by Crippen LogP contribution is 2.30. The minimum Gasteiger partial charge on any atom is -0.480 e. The zero-order valence-corrected chi connectivity index (χ0v) is 10.2. The Balaban J connectivity index is 4.79. The van der Waals surface area contributed by atoms with Crippen LogP contribution >= 0.6 is 11.8 Å². The van der Waals surface area contributed by atoms with Crippen molar-refractivity contribution in [3.63, 3.8) is 0 Å². The third kappa shape index (κ3) is 3.41. The maximum Gasteiger partial charge on any atom is 0.323 e. The van der Waals surface area contributed by atoms with E-state index in [0.29, 0.717) is 12.2 Å². The quantitative estimate of drug-likeness (QED) is 0.537. The van der Waals surface area contributed by atoms with Crippen molar-refractivity contribution >= 4 is 23.7 Å². The highest BCUT2D eigenvalue weighted by molar-refractivity contribution is 7.98.